The summed E-state index contributed by atoms with van der Waals surface area (Å²) >= 11 is -0.0120. The number of hydrogen-bond acceptors (Lipinski definition) is 4. The summed E-state index contributed by atoms with van der Waals surface area (Å²) in [6, 6.07) is 3.06. The maximum atomic E-state index is 11.7. The van der Waals surface area contributed by atoms with E-state index >= 15 is 0 Å². The molecular formula is C10H12N2O3S2. The second-order valence-corrected chi connectivity index (χ2v) is 6.22. The third-order valence-electron chi connectivity index (χ3n) is 2.71. The molecule has 1 saturated heterocycles. The fourth-order valence-electron chi connectivity index (χ4n) is 1.70. The summed E-state index contributed by atoms with van der Waals surface area (Å²) in [4.78, 5) is 23.1. The van der Waals surface area contributed by atoms with Crippen LogP contribution in [0.15, 0.2) is 12.1 Å². The lowest BCUT2D eigenvalue weighted by molar-refractivity contribution is -0.111. The first-order valence-corrected chi connectivity index (χ1v) is 6.99. The Morgan fingerprint density at radius 1 is 1.53 bits per heavy atom. The van der Waals surface area contributed by atoms with E-state index in [1.165, 1.54) is 15.6 Å². The summed E-state index contributed by atoms with van der Waals surface area (Å²) < 4.78 is 16.1. The molecule has 0 amide bonds. The number of carbonyl (C=O) groups is 2. The minimum Gasteiger partial charge on any atom is -0.302 e. The normalized spacial score (nSPS) is 30.1. The van der Waals surface area contributed by atoms with Crippen molar-refractivity contribution in [3.63, 3.8) is 0 Å². The maximum absolute atomic E-state index is 11.7. The van der Waals surface area contributed by atoms with Gasteiger partial charge in [0.05, 0.1) is 17.0 Å². The molecule has 0 bridgehead atoms. The first kappa shape index (κ1) is 12.6. The number of carbonyl (C=O) groups excluding carboxylic acids is 2. The summed E-state index contributed by atoms with van der Waals surface area (Å²) in [6.07, 6.45) is 2.15. The number of hydrogen-bond donors (Lipinski definition) is 1. The van der Waals surface area contributed by atoms with E-state index in [1.54, 1.807) is 13.1 Å². The molecule has 1 aromatic rings. The van der Waals surface area contributed by atoms with Crippen LogP contribution < -0.4 is 4.72 Å². The van der Waals surface area contributed by atoms with E-state index in [9.17, 15) is 13.8 Å². The number of nitrogens with zero attached hydrogens (tertiary/aromatic N) is 1. The molecule has 0 radical (unpaired) electrons. The number of thiophene rings is 1. The van der Waals surface area contributed by atoms with Gasteiger partial charge in [-0.3, -0.25) is 4.79 Å². The Hall–Kier alpha value is -0.890. The van der Waals surface area contributed by atoms with Gasteiger partial charge in [-0.1, -0.05) is 0 Å². The van der Waals surface area contributed by atoms with Crippen molar-refractivity contribution in [2.75, 3.05) is 7.05 Å². The predicted octanol–water partition coefficient (Wildman–Crippen LogP) is 0.673. The largest absolute Gasteiger partial charge is 0.302 e. The molecule has 17 heavy (non-hydrogen) atoms. The van der Waals surface area contributed by atoms with Crippen molar-refractivity contribution >= 4 is 35.1 Å². The van der Waals surface area contributed by atoms with Crippen LogP contribution in [-0.2, 0) is 16.0 Å². The molecule has 3 atom stereocenters. The Bertz CT molecular complexity index is 460. The topological polar surface area (TPSA) is 66.5 Å². The summed E-state index contributed by atoms with van der Waals surface area (Å²) in [5.74, 6) is 0. The van der Waals surface area contributed by atoms with E-state index in [2.05, 4.69) is 4.72 Å². The Labute approximate surface area is 106 Å². The highest BCUT2D eigenvalue weighted by Gasteiger charge is 2.32. The van der Waals surface area contributed by atoms with Crippen molar-refractivity contribution in [2.45, 2.75) is 18.5 Å². The Balaban J connectivity index is 2.19. The van der Waals surface area contributed by atoms with Crippen molar-refractivity contribution in [3.8, 4) is 0 Å². The molecular weight excluding hydrogens is 260 g/mol. The highest BCUT2D eigenvalue weighted by molar-refractivity contribution is 7.80. The van der Waals surface area contributed by atoms with Gasteiger partial charge >= 0.3 is 0 Å². The average molecular weight is 272 g/mol. The van der Waals surface area contributed by atoms with E-state index in [0.29, 0.717) is 11.3 Å². The molecule has 3 unspecified atom stereocenters. The van der Waals surface area contributed by atoms with Crippen LogP contribution in [-0.4, -0.2) is 34.2 Å². The summed E-state index contributed by atoms with van der Waals surface area (Å²) in [5.41, 5.74) is 0. The van der Waals surface area contributed by atoms with Crippen LogP contribution in [0.2, 0.25) is 0 Å². The van der Waals surface area contributed by atoms with Crippen molar-refractivity contribution in [1.29, 1.82) is 0 Å². The van der Waals surface area contributed by atoms with Crippen LogP contribution >= 0.6 is 11.3 Å². The van der Waals surface area contributed by atoms with Crippen molar-refractivity contribution in [1.82, 2.24) is 9.03 Å². The Morgan fingerprint density at radius 2 is 2.29 bits per heavy atom. The molecule has 0 saturated carbocycles. The van der Waals surface area contributed by atoms with E-state index in [0.717, 1.165) is 17.4 Å². The minimum atomic E-state index is -1.37. The zero-order valence-electron chi connectivity index (χ0n) is 9.16. The third kappa shape index (κ3) is 2.52. The molecule has 7 heteroatoms. The van der Waals surface area contributed by atoms with Crippen LogP contribution in [0.25, 0.3) is 0 Å². The molecule has 0 aromatic carbocycles. The highest BCUT2D eigenvalue weighted by Crippen LogP contribution is 2.29. The predicted molar refractivity (Wildman–Crippen MR) is 66.0 cm³/mol. The van der Waals surface area contributed by atoms with Crippen molar-refractivity contribution in [3.05, 3.63) is 21.9 Å². The number of likely N-dealkylation sites (N-methyl/N-ethyl adjacent to an activating group) is 1. The maximum Gasteiger partial charge on any atom is 0.170 e. The molecule has 2 heterocycles. The standard InChI is InChI=1S/C10H12N2O3S2/c1-12-7(5-13)4-9(11-17(12)15)10-3-2-8(6-14)16-10/h2-3,5-7,9,11H,4H2,1H3. The lowest BCUT2D eigenvalue weighted by atomic mass is 10.1. The SMILES string of the molecule is CN1C(C=O)CC(c2ccc(C=O)s2)NS1=O. The van der Waals surface area contributed by atoms with Crippen LogP contribution in [0.3, 0.4) is 0 Å². The van der Waals surface area contributed by atoms with E-state index < -0.39 is 11.2 Å². The first-order chi connectivity index (χ1) is 8.15. The summed E-state index contributed by atoms with van der Waals surface area (Å²) in [7, 11) is 1.64. The molecule has 1 aliphatic rings. The van der Waals surface area contributed by atoms with Crippen molar-refractivity contribution < 1.29 is 13.8 Å². The zero-order valence-corrected chi connectivity index (χ0v) is 10.8. The molecule has 5 nitrogen and oxygen atoms in total. The smallest absolute Gasteiger partial charge is 0.170 e. The quantitative estimate of drug-likeness (QED) is 0.823. The Kier molecular flexibility index (Phi) is 3.82. The van der Waals surface area contributed by atoms with Gasteiger partial charge in [-0.05, 0) is 18.6 Å². The second-order valence-electron chi connectivity index (χ2n) is 3.76. The second kappa shape index (κ2) is 5.18. The van der Waals surface area contributed by atoms with Crippen molar-refractivity contribution in [2.24, 2.45) is 0 Å². The van der Waals surface area contributed by atoms with Crippen LogP contribution in [0.5, 0.6) is 0 Å². The Morgan fingerprint density at radius 3 is 2.88 bits per heavy atom. The van der Waals surface area contributed by atoms with Crippen LogP contribution in [0.4, 0.5) is 0 Å². The summed E-state index contributed by atoms with van der Waals surface area (Å²) in [6.45, 7) is 0. The van der Waals surface area contributed by atoms with E-state index in [-0.39, 0.29) is 12.1 Å². The van der Waals surface area contributed by atoms with E-state index in [4.69, 9.17) is 0 Å². The van der Waals surface area contributed by atoms with Gasteiger partial charge in [0.25, 0.3) is 0 Å². The molecule has 0 spiro atoms. The van der Waals surface area contributed by atoms with Gasteiger partial charge in [-0.2, -0.15) is 0 Å². The number of nitrogens with one attached hydrogen (secondary N) is 1. The first-order valence-electron chi connectivity index (χ1n) is 5.06. The van der Waals surface area contributed by atoms with Gasteiger partial charge < -0.3 is 4.79 Å². The fraction of sp³-hybridized carbons (Fsp3) is 0.400. The lowest BCUT2D eigenvalue weighted by Crippen LogP contribution is -2.48. The third-order valence-corrected chi connectivity index (χ3v) is 5.12. The molecule has 1 fully saturated rings. The molecule has 0 aliphatic carbocycles. The van der Waals surface area contributed by atoms with Gasteiger partial charge in [0.2, 0.25) is 0 Å². The zero-order chi connectivity index (χ0) is 12.4. The average Bonchev–Trinajstić information content (AvgIpc) is 2.81. The van der Waals surface area contributed by atoms with Gasteiger partial charge in [0, 0.05) is 11.9 Å². The van der Waals surface area contributed by atoms with Crippen LogP contribution in [0.1, 0.15) is 27.0 Å². The minimum absolute atomic E-state index is 0.138. The van der Waals surface area contributed by atoms with E-state index in [1.807, 2.05) is 6.07 Å². The van der Waals surface area contributed by atoms with Gasteiger partial charge in [0.1, 0.15) is 6.29 Å². The van der Waals surface area contributed by atoms with Gasteiger partial charge in [-0.15, -0.1) is 11.3 Å². The number of rotatable bonds is 3. The molecule has 1 aliphatic heterocycles. The molecule has 2 rings (SSSR count). The van der Waals surface area contributed by atoms with Crippen LogP contribution in [0, 0.1) is 0 Å². The lowest BCUT2D eigenvalue weighted by Gasteiger charge is -2.32. The monoisotopic (exact) mass is 272 g/mol. The molecule has 92 valence electrons. The molecule has 1 N–H and O–H groups in total. The summed E-state index contributed by atoms with van der Waals surface area (Å²) in [5, 5.41) is 0. The highest BCUT2D eigenvalue weighted by atomic mass is 32.2. The molecule has 1 aromatic heterocycles. The van der Waals surface area contributed by atoms with Gasteiger partial charge in [-0.25, -0.2) is 13.2 Å². The van der Waals surface area contributed by atoms with Gasteiger partial charge in [0.15, 0.2) is 17.5 Å². The number of aldehydes is 2. The fourth-order valence-corrected chi connectivity index (χ4v) is 3.68.